The zero-order valence-corrected chi connectivity index (χ0v) is 8.17. The maximum absolute atomic E-state index is 5.81. The van der Waals surface area contributed by atoms with Crippen LogP contribution >= 0.6 is 11.6 Å². The summed E-state index contributed by atoms with van der Waals surface area (Å²) in [5.41, 5.74) is 1.25. The van der Waals surface area contributed by atoms with E-state index in [1.54, 1.807) is 0 Å². The van der Waals surface area contributed by atoms with Crippen molar-refractivity contribution in [2.45, 2.75) is 0 Å². The number of halogens is 1. The minimum Gasteiger partial charge on any atom is -0.659 e. The topological polar surface area (TPSA) is 17.3 Å². The molecule has 1 aromatic carbocycles. The van der Waals surface area contributed by atoms with Gasteiger partial charge < -0.3 is 10.2 Å². The molecule has 0 bridgehead atoms. The molecule has 1 heterocycles. The molecule has 1 fully saturated rings. The number of hydrogen-bond donors (Lipinski definition) is 0. The summed E-state index contributed by atoms with van der Waals surface area (Å²) in [6.07, 6.45) is 0. The number of benzene rings is 1. The van der Waals surface area contributed by atoms with Gasteiger partial charge in [-0.2, -0.15) is 0 Å². The Hall–Kier alpha value is -0.730. The molecule has 1 aliphatic heterocycles. The van der Waals surface area contributed by atoms with E-state index in [1.807, 2.05) is 12.1 Å². The molecule has 3 heteroatoms. The Labute approximate surface area is 83.5 Å². The van der Waals surface area contributed by atoms with Crippen LogP contribution in [0.1, 0.15) is 0 Å². The lowest BCUT2D eigenvalue weighted by Crippen LogP contribution is -2.33. The minimum absolute atomic E-state index is 0.797. The second-order valence-corrected chi connectivity index (χ2v) is 3.57. The third-order valence-electron chi connectivity index (χ3n) is 2.25. The fraction of sp³-hybridized carbons (Fsp3) is 0.400. The average molecular weight is 196 g/mol. The largest absolute Gasteiger partial charge is 0.659 e. The molecule has 2 nitrogen and oxygen atoms in total. The molecule has 2 rings (SSSR count). The van der Waals surface area contributed by atoms with Gasteiger partial charge in [-0.05, 0) is 37.4 Å². The molecule has 0 aromatic heterocycles. The fourth-order valence-electron chi connectivity index (χ4n) is 1.52. The maximum Gasteiger partial charge on any atom is 0.0407 e. The number of piperazine rings is 1. The minimum atomic E-state index is 0.797. The Morgan fingerprint density at radius 1 is 1.08 bits per heavy atom. The van der Waals surface area contributed by atoms with Crippen LogP contribution in [0.25, 0.3) is 5.32 Å². The molecule has 70 valence electrons. The van der Waals surface area contributed by atoms with E-state index in [0.717, 1.165) is 31.2 Å². The molecule has 0 atom stereocenters. The van der Waals surface area contributed by atoms with Gasteiger partial charge in [-0.3, -0.25) is 0 Å². The number of rotatable bonds is 1. The van der Waals surface area contributed by atoms with E-state index in [-0.39, 0.29) is 0 Å². The van der Waals surface area contributed by atoms with Crippen molar-refractivity contribution in [3.05, 3.63) is 34.6 Å². The zero-order chi connectivity index (χ0) is 9.10. The van der Waals surface area contributed by atoms with Crippen molar-refractivity contribution >= 4 is 17.3 Å². The molecular weight excluding hydrogens is 184 g/mol. The first-order chi connectivity index (χ1) is 6.36. The molecule has 1 aromatic rings. The van der Waals surface area contributed by atoms with Crippen LogP contribution in [0, 0.1) is 0 Å². The molecule has 0 radical (unpaired) electrons. The molecule has 0 saturated carbocycles. The van der Waals surface area contributed by atoms with Crippen LogP contribution in [0.3, 0.4) is 0 Å². The predicted octanol–water partition coefficient (Wildman–Crippen LogP) is 2.53. The van der Waals surface area contributed by atoms with Crippen LogP contribution in [0.2, 0.25) is 5.02 Å². The quantitative estimate of drug-likeness (QED) is 0.673. The van der Waals surface area contributed by atoms with Crippen molar-refractivity contribution in [3.63, 3.8) is 0 Å². The van der Waals surface area contributed by atoms with Crippen molar-refractivity contribution < 1.29 is 0 Å². The average Bonchev–Trinajstić information content (AvgIpc) is 2.20. The van der Waals surface area contributed by atoms with Gasteiger partial charge in [0.25, 0.3) is 0 Å². The van der Waals surface area contributed by atoms with Crippen LogP contribution in [0.4, 0.5) is 5.69 Å². The second-order valence-electron chi connectivity index (χ2n) is 3.13. The summed E-state index contributed by atoms with van der Waals surface area (Å²) in [6.45, 7) is 3.95. The first-order valence-corrected chi connectivity index (χ1v) is 4.88. The van der Waals surface area contributed by atoms with E-state index >= 15 is 0 Å². The summed E-state index contributed by atoms with van der Waals surface area (Å²) in [7, 11) is 0. The van der Waals surface area contributed by atoms with E-state index < -0.39 is 0 Å². The van der Waals surface area contributed by atoms with Gasteiger partial charge in [0.05, 0.1) is 0 Å². The maximum atomic E-state index is 5.81. The van der Waals surface area contributed by atoms with Gasteiger partial charge in [0, 0.05) is 10.7 Å². The summed E-state index contributed by atoms with van der Waals surface area (Å²) >= 11 is 5.81. The highest BCUT2D eigenvalue weighted by Gasteiger charge is 2.04. The number of nitrogens with zero attached hydrogens (tertiary/aromatic N) is 2. The Morgan fingerprint density at radius 2 is 1.69 bits per heavy atom. The van der Waals surface area contributed by atoms with Crippen LogP contribution < -0.4 is 4.90 Å². The SMILES string of the molecule is Clc1ccc(N2CC[N-]CC2)cc1. The second kappa shape index (κ2) is 3.99. The Morgan fingerprint density at radius 3 is 2.31 bits per heavy atom. The van der Waals surface area contributed by atoms with Gasteiger partial charge in [0.2, 0.25) is 0 Å². The van der Waals surface area contributed by atoms with Crippen LogP contribution in [-0.4, -0.2) is 26.2 Å². The highest BCUT2D eigenvalue weighted by Crippen LogP contribution is 2.19. The van der Waals surface area contributed by atoms with E-state index in [1.165, 1.54) is 5.69 Å². The molecule has 13 heavy (non-hydrogen) atoms. The fourth-order valence-corrected chi connectivity index (χ4v) is 1.64. The monoisotopic (exact) mass is 195 g/mol. The van der Waals surface area contributed by atoms with Crippen molar-refractivity contribution in [1.29, 1.82) is 0 Å². The summed E-state index contributed by atoms with van der Waals surface area (Å²) in [5, 5.41) is 5.10. The van der Waals surface area contributed by atoms with Crippen LogP contribution in [-0.2, 0) is 0 Å². The molecule has 1 aliphatic rings. The van der Waals surface area contributed by atoms with Gasteiger partial charge >= 0.3 is 0 Å². The number of hydrogen-bond acceptors (Lipinski definition) is 1. The van der Waals surface area contributed by atoms with Crippen molar-refractivity contribution in [2.24, 2.45) is 0 Å². The smallest absolute Gasteiger partial charge is 0.0407 e. The van der Waals surface area contributed by atoms with Crippen molar-refractivity contribution in [1.82, 2.24) is 0 Å². The molecular formula is C10H12ClN2-. The van der Waals surface area contributed by atoms with Gasteiger partial charge in [-0.25, -0.2) is 0 Å². The first kappa shape index (κ1) is 8.85. The molecule has 0 N–H and O–H groups in total. The molecule has 0 spiro atoms. The molecule has 1 saturated heterocycles. The highest BCUT2D eigenvalue weighted by atomic mass is 35.5. The summed E-state index contributed by atoms with van der Waals surface area (Å²) in [4.78, 5) is 2.34. The van der Waals surface area contributed by atoms with Gasteiger partial charge in [0.15, 0.2) is 0 Å². The Kier molecular flexibility index (Phi) is 2.71. The lowest BCUT2D eigenvalue weighted by molar-refractivity contribution is 0.759. The van der Waals surface area contributed by atoms with Gasteiger partial charge in [-0.1, -0.05) is 11.6 Å². The predicted molar refractivity (Wildman–Crippen MR) is 56.8 cm³/mol. The van der Waals surface area contributed by atoms with Crippen molar-refractivity contribution in [2.75, 3.05) is 31.1 Å². The first-order valence-electron chi connectivity index (χ1n) is 4.50. The van der Waals surface area contributed by atoms with E-state index in [0.29, 0.717) is 0 Å². The van der Waals surface area contributed by atoms with Crippen LogP contribution in [0.15, 0.2) is 24.3 Å². The lowest BCUT2D eigenvalue weighted by Gasteiger charge is -2.36. The van der Waals surface area contributed by atoms with E-state index in [9.17, 15) is 0 Å². The van der Waals surface area contributed by atoms with Crippen LogP contribution in [0.5, 0.6) is 0 Å². The Balaban J connectivity index is 2.10. The molecule has 0 aliphatic carbocycles. The summed E-state index contributed by atoms with van der Waals surface area (Å²) in [6, 6.07) is 7.99. The molecule has 0 amide bonds. The summed E-state index contributed by atoms with van der Waals surface area (Å²) < 4.78 is 0. The third kappa shape index (κ3) is 2.14. The van der Waals surface area contributed by atoms with Gasteiger partial charge in [0.1, 0.15) is 0 Å². The standard InChI is InChI=1S/C10H12ClN2/c11-9-1-3-10(4-2-9)13-7-5-12-6-8-13/h1-4H,5-8H2/q-1. The lowest BCUT2D eigenvalue weighted by atomic mass is 10.2. The Bertz CT molecular complexity index is 265. The van der Waals surface area contributed by atoms with E-state index in [4.69, 9.17) is 11.6 Å². The molecule has 0 unspecified atom stereocenters. The third-order valence-corrected chi connectivity index (χ3v) is 2.50. The number of anilines is 1. The van der Waals surface area contributed by atoms with E-state index in [2.05, 4.69) is 22.3 Å². The van der Waals surface area contributed by atoms with Gasteiger partial charge in [-0.15, -0.1) is 13.1 Å². The zero-order valence-electron chi connectivity index (χ0n) is 7.41. The summed E-state index contributed by atoms with van der Waals surface area (Å²) in [5.74, 6) is 0. The highest BCUT2D eigenvalue weighted by molar-refractivity contribution is 6.30. The normalized spacial score (nSPS) is 17.5. The van der Waals surface area contributed by atoms with Crippen molar-refractivity contribution in [3.8, 4) is 0 Å².